The fourth-order valence-electron chi connectivity index (χ4n) is 1.66. The molecule has 0 spiro atoms. The Kier molecular flexibility index (Phi) is 4.03. The number of rotatable bonds is 6. The number of aliphatic hydroxyl groups is 1. The minimum Gasteiger partial charge on any atom is -0.394 e. The molecule has 0 atom stereocenters. The molecule has 2 rings (SSSR count). The molecule has 0 radical (unpaired) electrons. The lowest BCUT2D eigenvalue weighted by atomic mass is 10.2. The van der Waals surface area contributed by atoms with Crippen molar-refractivity contribution < 1.29 is 5.11 Å². The van der Waals surface area contributed by atoms with Gasteiger partial charge in [0.15, 0.2) is 5.82 Å². The smallest absolute Gasteiger partial charge is 0.153 e. The Hall–Kier alpha value is -1.76. The highest BCUT2D eigenvalue weighted by Crippen LogP contribution is 2.10. The Morgan fingerprint density at radius 3 is 2.78 bits per heavy atom. The van der Waals surface area contributed by atoms with Crippen LogP contribution in [0.5, 0.6) is 0 Å². The Morgan fingerprint density at radius 2 is 2.17 bits per heavy atom. The molecule has 7 nitrogen and oxygen atoms in total. The summed E-state index contributed by atoms with van der Waals surface area (Å²) >= 11 is 0. The number of hydrogen-bond donors (Lipinski definition) is 1. The first kappa shape index (κ1) is 12.7. The summed E-state index contributed by atoms with van der Waals surface area (Å²) in [6.45, 7) is 5.37. The lowest BCUT2D eigenvalue weighted by Crippen LogP contribution is -2.11. The lowest BCUT2D eigenvalue weighted by molar-refractivity contribution is 0.266. The van der Waals surface area contributed by atoms with Crippen molar-refractivity contribution in [3.63, 3.8) is 0 Å². The minimum absolute atomic E-state index is 0.0667. The van der Waals surface area contributed by atoms with Gasteiger partial charge in [-0.3, -0.25) is 4.68 Å². The zero-order valence-electron chi connectivity index (χ0n) is 10.7. The van der Waals surface area contributed by atoms with E-state index in [1.54, 1.807) is 15.7 Å². The van der Waals surface area contributed by atoms with Gasteiger partial charge in [0, 0.05) is 18.9 Å². The van der Waals surface area contributed by atoms with Gasteiger partial charge >= 0.3 is 0 Å². The Balaban J connectivity index is 2.09. The van der Waals surface area contributed by atoms with E-state index in [-0.39, 0.29) is 12.5 Å². The molecule has 98 valence electrons. The van der Waals surface area contributed by atoms with Gasteiger partial charge < -0.3 is 5.11 Å². The maximum atomic E-state index is 9.03. The van der Waals surface area contributed by atoms with E-state index in [4.69, 9.17) is 5.11 Å². The van der Waals surface area contributed by atoms with Crippen molar-refractivity contribution in [1.82, 2.24) is 29.5 Å². The molecule has 0 aliphatic carbocycles. The van der Waals surface area contributed by atoms with Gasteiger partial charge in [-0.15, -0.1) is 0 Å². The summed E-state index contributed by atoms with van der Waals surface area (Å²) in [5.74, 6) is 1.98. The van der Waals surface area contributed by atoms with E-state index in [2.05, 4.69) is 34.0 Å². The second kappa shape index (κ2) is 5.72. The second-order valence-corrected chi connectivity index (χ2v) is 4.40. The molecule has 0 unspecified atom stereocenters. The van der Waals surface area contributed by atoms with Crippen LogP contribution in [0.2, 0.25) is 0 Å². The fraction of sp³-hybridized carbons (Fsp3) is 0.636. The molecule has 0 saturated heterocycles. The van der Waals surface area contributed by atoms with Crippen LogP contribution in [0.3, 0.4) is 0 Å². The summed E-state index contributed by atoms with van der Waals surface area (Å²) in [7, 11) is 0. The highest BCUT2D eigenvalue weighted by molar-refractivity contribution is 4.97. The average Bonchev–Trinajstić information content (AvgIpc) is 2.95. The maximum Gasteiger partial charge on any atom is 0.153 e. The van der Waals surface area contributed by atoms with E-state index in [9.17, 15) is 0 Å². The average molecular weight is 250 g/mol. The summed E-state index contributed by atoms with van der Waals surface area (Å²) in [5, 5.41) is 17.5. The first-order chi connectivity index (χ1) is 8.70. The molecule has 2 aromatic heterocycles. The molecule has 0 amide bonds. The van der Waals surface area contributed by atoms with Gasteiger partial charge in [0.2, 0.25) is 0 Å². The van der Waals surface area contributed by atoms with E-state index in [0.29, 0.717) is 13.1 Å². The van der Waals surface area contributed by atoms with Crippen molar-refractivity contribution in [2.24, 2.45) is 0 Å². The third-order valence-corrected chi connectivity index (χ3v) is 2.62. The predicted molar refractivity (Wildman–Crippen MR) is 64.9 cm³/mol. The van der Waals surface area contributed by atoms with Crippen LogP contribution in [-0.2, 0) is 19.5 Å². The van der Waals surface area contributed by atoms with E-state index < -0.39 is 0 Å². The highest BCUT2D eigenvalue weighted by atomic mass is 16.3. The highest BCUT2D eigenvalue weighted by Gasteiger charge is 2.12. The van der Waals surface area contributed by atoms with E-state index >= 15 is 0 Å². The van der Waals surface area contributed by atoms with Crippen LogP contribution in [0, 0.1) is 0 Å². The number of aliphatic hydroxyl groups excluding tert-OH is 1. The second-order valence-electron chi connectivity index (χ2n) is 4.40. The van der Waals surface area contributed by atoms with Gasteiger partial charge in [-0.25, -0.2) is 14.6 Å². The van der Waals surface area contributed by atoms with Crippen molar-refractivity contribution in [1.29, 1.82) is 0 Å². The van der Waals surface area contributed by atoms with Crippen LogP contribution in [0.4, 0.5) is 0 Å². The monoisotopic (exact) mass is 250 g/mol. The first-order valence-corrected chi connectivity index (χ1v) is 6.07. The molecule has 0 aliphatic rings. The summed E-state index contributed by atoms with van der Waals surface area (Å²) < 4.78 is 3.53. The zero-order valence-corrected chi connectivity index (χ0v) is 10.7. The molecule has 7 heteroatoms. The molecule has 0 bridgehead atoms. The van der Waals surface area contributed by atoms with Crippen LogP contribution in [0.1, 0.15) is 31.4 Å². The van der Waals surface area contributed by atoms with Crippen LogP contribution in [0.25, 0.3) is 0 Å². The largest absolute Gasteiger partial charge is 0.394 e. The van der Waals surface area contributed by atoms with Gasteiger partial charge in [0.1, 0.15) is 18.5 Å². The Bertz CT molecular complexity index is 476. The first-order valence-electron chi connectivity index (χ1n) is 6.07. The zero-order chi connectivity index (χ0) is 13.0. The summed E-state index contributed by atoms with van der Waals surface area (Å²) in [4.78, 5) is 8.40. The van der Waals surface area contributed by atoms with E-state index in [0.717, 1.165) is 18.1 Å². The van der Waals surface area contributed by atoms with Crippen LogP contribution >= 0.6 is 0 Å². The van der Waals surface area contributed by atoms with Gasteiger partial charge in [-0.2, -0.15) is 10.2 Å². The number of aryl methyl sites for hydroxylation is 2. The quantitative estimate of drug-likeness (QED) is 0.793. The summed E-state index contributed by atoms with van der Waals surface area (Å²) in [6.07, 6.45) is 3.91. The van der Waals surface area contributed by atoms with Crippen molar-refractivity contribution in [3.05, 3.63) is 24.3 Å². The Labute approximate surface area is 105 Å². The maximum absolute atomic E-state index is 9.03. The molecule has 18 heavy (non-hydrogen) atoms. The van der Waals surface area contributed by atoms with E-state index in [1.807, 2.05) is 0 Å². The Morgan fingerprint density at radius 1 is 1.33 bits per heavy atom. The van der Waals surface area contributed by atoms with E-state index in [1.165, 1.54) is 6.33 Å². The van der Waals surface area contributed by atoms with Gasteiger partial charge in [-0.1, -0.05) is 13.8 Å². The van der Waals surface area contributed by atoms with Crippen LogP contribution in [0.15, 0.2) is 12.7 Å². The van der Waals surface area contributed by atoms with Crippen molar-refractivity contribution in [2.45, 2.75) is 39.3 Å². The van der Waals surface area contributed by atoms with Crippen molar-refractivity contribution >= 4 is 0 Å². The molecule has 2 aromatic rings. The normalized spacial score (nSPS) is 11.3. The van der Waals surface area contributed by atoms with Crippen LogP contribution in [-0.4, -0.2) is 41.2 Å². The molecule has 0 fully saturated rings. The molecular formula is C11H18N6O. The molecule has 1 N–H and O–H groups in total. The predicted octanol–water partition coefficient (Wildman–Crippen LogP) is 0.228. The standard InChI is InChI=1S/C11H18N6O/c1-9(2)11-14-10(17(15-11)5-6-18)3-4-16-8-12-7-13-16/h7-9,18H,3-6H2,1-2H3. The molecule has 2 heterocycles. The topological polar surface area (TPSA) is 81.7 Å². The van der Waals surface area contributed by atoms with Crippen LogP contribution < -0.4 is 0 Å². The summed E-state index contributed by atoms with van der Waals surface area (Å²) in [6, 6.07) is 0. The molecular weight excluding hydrogens is 232 g/mol. The van der Waals surface area contributed by atoms with Gasteiger partial charge in [0.25, 0.3) is 0 Å². The molecule has 0 aromatic carbocycles. The number of hydrogen-bond acceptors (Lipinski definition) is 5. The molecule has 0 aliphatic heterocycles. The fourth-order valence-corrected chi connectivity index (χ4v) is 1.66. The summed E-state index contributed by atoms with van der Waals surface area (Å²) in [5.41, 5.74) is 0. The van der Waals surface area contributed by atoms with Crippen molar-refractivity contribution in [3.8, 4) is 0 Å². The number of nitrogens with zero attached hydrogens (tertiary/aromatic N) is 6. The SMILES string of the molecule is CC(C)c1nc(CCn2cncn2)n(CCO)n1. The number of aromatic nitrogens is 6. The minimum atomic E-state index is 0.0667. The van der Waals surface area contributed by atoms with Gasteiger partial charge in [-0.05, 0) is 0 Å². The van der Waals surface area contributed by atoms with Gasteiger partial charge in [0.05, 0.1) is 13.2 Å². The molecule has 0 saturated carbocycles. The lowest BCUT2D eigenvalue weighted by Gasteiger charge is -2.03. The third kappa shape index (κ3) is 2.92. The van der Waals surface area contributed by atoms with Crippen molar-refractivity contribution in [2.75, 3.05) is 6.61 Å². The third-order valence-electron chi connectivity index (χ3n) is 2.62.